The van der Waals surface area contributed by atoms with Gasteiger partial charge < -0.3 is 10.3 Å². The highest BCUT2D eigenvalue weighted by Gasteiger charge is 2.06. The minimum absolute atomic E-state index is 0.118. The zero-order valence-corrected chi connectivity index (χ0v) is 5.34. The highest BCUT2D eigenvalue weighted by molar-refractivity contribution is 5.91. The molecule has 53 valence electrons. The first-order valence-corrected chi connectivity index (χ1v) is 2.68. The number of hydrogen-bond donors (Lipinski definition) is 2. The fraction of sp³-hybridized carbons (Fsp3) is 0.200. The minimum Gasteiger partial charge on any atom is -0.354 e. The monoisotopic (exact) mass is 140 g/mol. The molecule has 0 atom stereocenters. The molecular formula is C5H6N3O2. The Kier molecular flexibility index (Phi) is 1.57. The molecule has 10 heavy (non-hydrogen) atoms. The Bertz CT molecular complexity index is 243. The molecule has 1 heterocycles. The molecule has 1 rings (SSSR count). The molecule has 0 fully saturated rings. The lowest BCUT2D eigenvalue weighted by atomic mass is 10.4. The van der Waals surface area contributed by atoms with Crippen LogP contribution in [0.2, 0.25) is 0 Å². The summed E-state index contributed by atoms with van der Waals surface area (Å²) in [6, 6.07) is -0.501. The van der Waals surface area contributed by atoms with Crippen molar-refractivity contribution in [1.82, 2.24) is 15.3 Å². The summed E-state index contributed by atoms with van der Waals surface area (Å²) in [5.41, 5.74) is 0.118. The number of carbonyl (C=O) groups is 1. The number of aromatic nitrogens is 2. The molecule has 0 saturated carbocycles. The van der Waals surface area contributed by atoms with Crippen LogP contribution in [-0.2, 0) is 5.11 Å². The zero-order valence-electron chi connectivity index (χ0n) is 5.34. The number of imidazole rings is 1. The summed E-state index contributed by atoms with van der Waals surface area (Å²) in [6.45, 7) is 0. The topological polar surface area (TPSA) is 77.7 Å². The Morgan fingerprint density at radius 3 is 2.90 bits per heavy atom. The lowest BCUT2D eigenvalue weighted by molar-refractivity contribution is 0.0958. The quantitative estimate of drug-likeness (QED) is 0.572. The molecule has 1 aromatic rings. The third kappa shape index (κ3) is 1.07. The van der Waals surface area contributed by atoms with Crippen LogP contribution in [-0.4, -0.2) is 22.9 Å². The molecule has 5 heteroatoms. The molecule has 0 aliphatic heterocycles. The predicted octanol–water partition coefficient (Wildman–Crippen LogP) is -0.0869. The van der Waals surface area contributed by atoms with Gasteiger partial charge in [-0.3, -0.25) is 4.79 Å². The van der Waals surface area contributed by atoms with Gasteiger partial charge >= 0.3 is 6.01 Å². The highest BCUT2D eigenvalue weighted by atomic mass is 16.3. The van der Waals surface area contributed by atoms with E-state index in [4.69, 9.17) is 0 Å². The van der Waals surface area contributed by atoms with Gasteiger partial charge in [-0.15, -0.1) is 0 Å². The van der Waals surface area contributed by atoms with E-state index >= 15 is 0 Å². The van der Waals surface area contributed by atoms with E-state index in [2.05, 4.69) is 15.3 Å². The van der Waals surface area contributed by atoms with Crippen LogP contribution in [0.4, 0.5) is 0 Å². The summed E-state index contributed by atoms with van der Waals surface area (Å²) < 4.78 is 0. The first-order chi connectivity index (χ1) is 4.74. The van der Waals surface area contributed by atoms with Gasteiger partial charge in [-0.1, -0.05) is 0 Å². The molecule has 0 aliphatic rings. The van der Waals surface area contributed by atoms with Gasteiger partial charge in [0.05, 0.1) is 0 Å². The van der Waals surface area contributed by atoms with Gasteiger partial charge in [0, 0.05) is 13.2 Å². The van der Waals surface area contributed by atoms with E-state index in [1.54, 1.807) is 0 Å². The molecule has 5 nitrogen and oxygen atoms in total. The van der Waals surface area contributed by atoms with E-state index in [1.807, 2.05) is 0 Å². The van der Waals surface area contributed by atoms with E-state index in [-0.39, 0.29) is 11.6 Å². The van der Waals surface area contributed by atoms with Crippen LogP contribution in [0.5, 0.6) is 6.01 Å². The maximum atomic E-state index is 10.7. The van der Waals surface area contributed by atoms with Crippen molar-refractivity contribution in [2.75, 3.05) is 7.05 Å². The van der Waals surface area contributed by atoms with Gasteiger partial charge in [0.25, 0.3) is 5.91 Å². The van der Waals surface area contributed by atoms with Crippen LogP contribution in [0, 0.1) is 0 Å². The summed E-state index contributed by atoms with van der Waals surface area (Å²) in [6.07, 6.45) is 1.27. The zero-order chi connectivity index (χ0) is 7.56. The highest BCUT2D eigenvalue weighted by Crippen LogP contribution is 2.01. The summed E-state index contributed by atoms with van der Waals surface area (Å²) in [5.74, 6) is -0.363. The molecule has 1 amide bonds. The third-order valence-electron chi connectivity index (χ3n) is 1.01. The normalized spacial score (nSPS) is 9.30. The van der Waals surface area contributed by atoms with Gasteiger partial charge in [-0.05, 0) is 0 Å². The van der Waals surface area contributed by atoms with Crippen molar-refractivity contribution in [1.29, 1.82) is 0 Å². The number of amides is 1. The maximum Gasteiger partial charge on any atom is 0.345 e. The Labute approximate surface area is 57.1 Å². The standard InChI is InChI=1S/C5H6N3O2/c1-6-4(9)3-2-7-5(10)8-3/h2H,1H3,(H,6,9)(H,7,8). The van der Waals surface area contributed by atoms with Gasteiger partial charge in [0.15, 0.2) is 0 Å². The molecule has 0 saturated heterocycles. The first-order valence-electron chi connectivity index (χ1n) is 2.68. The van der Waals surface area contributed by atoms with Crippen molar-refractivity contribution in [2.24, 2.45) is 0 Å². The summed E-state index contributed by atoms with van der Waals surface area (Å²) in [7, 11) is 1.47. The van der Waals surface area contributed by atoms with Crippen molar-refractivity contribution in [3.63, 3.8) is 0 Å². The molecule has 1 radical (unpaired) electrons. The average Bonchev–Trinajstić information content (AvgIpc) is 2.34. The van der Waals surface area contributed by atoms with E-state index in [1.165, 1.54) is 13.2 Å². The lowest BCUT2D eigenvalue weighted by Gasteiger charge is -1.89. The number of H-pyrrole nitrogens is 1. The smallest absolute Gasteiger partial charge is 0.345 e. The van der Waals surface area contributed by atoms with Crippen LogP contribution in [0.25, 0.3) is 0 Å². The largest absolute Gasteiger partial charge is 0.354 e. The van der Waals surface area contributed by atoms with E-state index in [9.17, 15) is 9.90 Å². The van der Waals surface area contributed by atoms with Crippen molar-refractivity contribution >= 4 is 5.91 Å². The van der Waals surface area contributed by atoms with Crippen LogP contribution >= 0.6 is 0 Å². The molecular weight excluding hydrogens is 134 g/mol. The molecule has 0 aromatic carbocycles. The number of rotatable bonds is 1. The van der Waals surface area contributed by atoms with Crippen molar-refractivity contribution in [3.05, 3.63) is 11.9 Å². The summed E-state index contributed by atoms with van der Waals surface area (Å²) >= 11 is 0. The van der Waals surface area contributed by atoms with Crippen molar-refractivity contribution in [3.8, 4) is 6.01 Å². The SMILES string of the molecule is CNC(=O)c1c[nH]c([O])n1. The third-order valence-corrected chi connectivity index (χ3v) is 1.01. The van der Waals surface area contributed by atoms with Gasteiger partial charge in [0.1, 0.15) is 5.69 Å². The van der Waals surface area contributed by atoms with Crippen molar-refractivity contribution < 1.29 is 9.90 Å². The Hall–Kier alpha value is -1.52. The van der Waals surface area contributed by atoms with Gasteiger partial charge in [-0.25, -0.2) is 5.11 Å². The van der Waals surface area contributed by atoms with Crippen LogP contribution in [0.15, 0.2) is 6.20 Å². The molecule has 0 spiro atoms. The van der Waals surface area contributed by atoms with Crippen molar-refractivity contribution in [2.45, 2.75) is 0 Å². The number of aromatic amines is 1. The second-order valence-corrected chi connectivity index (χ2v) is 1.67. The molecule has 0 unspecified atom stereocenters. The van der Waals surface area contributed by atoms with Crippen LogP contribution in [0.3, 0.4) is 0 Å². The number of nitrogens with one attached hydrogen (secondary N) is 2. The predicted molar refractivity (Wildman–Crippen MR) is 32.1 cm³/mol. The number of hydrogen-bond acceptors (Lipinski definition) is 2. The van der Waals surface area contributed by atoms with Crippen LogP contribution in [0.1, 0.15) is 10.5 Å². The second-order valence-electron chi connectivity index (χ2n) is 1.67. The van der Waals surface area contributed by atoms with Crippen LogP contribution < -0.4 is 5.32 Å². The second kappa shape index (κ2) is 2.38. The Morgan fingerprint density at radius 2 is 2.50 bits per heavy atom. The number of carbonyl (C=O) groups excluding carboxylic acids is 1. The Morgan fingerprint density at radius 1 is 1.80 bits per heavy atom. The van der Waals surface area contributed by atoms with Gasteiger partial charge in [-0.2, -0.15) is 4.98 Å². The van der Waals surface area contributed by atoms with Gasteiger partial charge in [0.2, 0.25) is 0 Å². The fourth-order valence-corrected chi connectivity index (χ4v) is 0.548. The average molecular weight is 140 g/mol. The van der Waals surface area contributed by atoms with E-state index < -0.39 is 6.01 Å². The molecule has 2 N–H and O–H groups in total. The first kappa shape index (κ1) is 6.60. The van der Waals surface area contributed by atoms with E-state index in [0.29, 0.717) is 0 Å². The Balaban J connectivity index is 2.85. The molecule has 1 aromatic heterocycles. The summed E-state index contributed by atoms with van der Waals surface area (Å²) in [5, 5.41) is 12.7. The van der Waals surface area contributed by atoms with E-state index in [0.717, 1.165) is 0 Å². The molecule has 0 bridgehead atoms. The number of nitrogens with zero attached hydrogens (tertiary/aromatic N) is 1. The summed E-state index contributed by atoms with van der Waals surface area (Å²) in [4.78, 5) is 16.3. The maximum absolute atomic E-state index is 10.7. The minimum atomic E-state index is -0.501. The molecule has 0 aliphatic carbocycles. The fourth-order valence-electron chi connectivity index (χ4n) is 0.548. The lowest BCUT2D eigenvalue weighted by Crippen LogP contribution is -2.17.